The first kappa shape index (κ1) is 46.5. The number of hydrogen-bond donors (Lipinski definition) is 0. The zero-order valence-corrected chi connectivity index (χ0v) is 40.7. The number of hydrogen-bond acceptors (Lipinski definition) is 12. The lowest BCUT2D eigenvalue weighted by Gasteiger charge is -2.33. The highest BCUT2D eigenvalue weighted by Crippen LogP contribution is 2.62. The Morgan fingerprint density at radius 1 is 0.311 bits per heavy atom. The van der Waals surface area contributed by atoms with Crippen LogP contribution in [0.1, 0.15) is 77.0 Å². The van der Waals surface area contributed by atoms with Crippen molar-refractivity contribution < 1.29 is 19.2 Å². The molecule has 0 N–H and O–H groups in total. The molecule has 380 valence electrons. The van der Waals surface area contributed by atoms with Crippen molar-refractivity contribution in [3.05, 3.63) is 131 Å². The van der Waals surface area contributed by atoms with Crippen LogP contribution in [0.15, 0.2) is 86.9 Å². The highest BCUT2D eigenvalue weighted by molar-refractivity contribution is 6.13. The third kappa shape index (κ3) is 7.09. The molecule has 18 nitrogen and oxygen atoms in total. The SMILES string of the molecule is O=C1C=CC(=O)N1CC1CCCCC1Cn1c(=O)c2cc3c(=O)n(CC4CC5C6CC(Cn7c(=O)c8cc9c(=O)n(CC%10CCCCC%10CN%10C(=O)C=CC%10=O)c(=O)c9cc8c7=O)C(C6)C5C4)c(=O)c3cc2c1=O. The van der Waals surface area contributed by atoms with Gasteiger partial charge in [-0.2, -0.15) is 0 Å². The summed E-state index contributed by atoms with van der Waals surface area (Å²) in [4.78, 5) is 163. The fourth-order valence-electron chi connectivity index (χ4n) is 15.7. The van der Waals surface area contributed by atoms with Crippen LogP contribution in [-0.2, 0) is 45.4 Å². The fourth-order valence-corrected chi connectivity index (χ4v) is 15.7. The first-order chi connectivity index (χ1) is 35.6. The van der Waals surface area contributed by atoms with E-state index in [-0.39, 0.29) is 153 Å². The summed E-state index contributed by atoms with van der Waals surface area (Å²) in [6, 6.07) is 5.57. The lowest BCUT2D eigenvalue weighted by atomic mass is 9.75. The number of amides is 4. The molecule has 2 bridgehead atoms. The Morgan fingerprint density at radius 3 is 0.959 bits per heavy atom. The van der Waals surface area contributed by atoms with Crippen LogP contribution in [0.4, 0.5) is 0 Å². The van der Waals surface area contributed by atoms with Crippen LogP contribution in [0.5, 0.6) is 0 Å². The Bertz CT molecular complexity index is 3790. The Morgan fingerprint density at radius 2 is 0.608 bits per heavy atom. The first-order valence-electron chi connectivity index (χ1n) is 26.5. The van der Waals surface area contributed by atoms with Crippen molar-refractivity contribution in [3.8, 4) is 0 Å². The molecule has 4 amide bonds. The van der Waals surface area contributed by atoms with Crippen molar-refractivity contribution in [2.24, 2.45) is 59.2 Å². The van der Waals surface area contributed by atoms with Crippen molar-refractivity contribution >= 4 is 66.7 Å². The third-order valence-electron chi connectivity index (χ3n) is 19.3. The van der Waals surface area contributed by atoms with Crippen molar-refractivity contribution in [2.45, 2.75) is 103 Å². The number of fused-ring (bicyclic) bond motifs is 9. The second kappa shape index (κ2) is 17.2. The fraction of sp³-hybridized carbons (Fsp3) is 0.500. The topological polar surface area (TPSA) is 231 Å². The monoisotopic (exact) mass is 1000 g/mol. The van der Waals surface area contributed by atoms with Gasteiger partial charge in [0.2, 0.25) is 0 Å². The lowest BCUT2D eigenvalue weighted by Crippen LogP contribution is -2.41. The smallest absolute Gasteiger partial charge is 0.261 e. The van der Waals surface area contributed by atoms with Gasteiger partial charge in [0.1, 0.15) is 0 Å². The maximum absolute atomic E-state index is 14.1. The number of aromatic nitrogens is 4. The molecule has 6 heterocycles. The van der Waals surface area contributed by atoms with Crippen LogP contribution in [0.3, 0.4) is 0 Å². The predicted octanol–water partition coefficient (Wildman–Crippen LogP) is 2.60. The van der Waals surface area contributed by atoms with E-state index in [0.717, 1.165) is 77.0 Å². The second-order valence-corrected chi connectivity index (χ2v) is 22.9. The van der Waals surface area contributed by atoms with E-state index in [1.165, 1.54) is 76.6 Å². The quantitative estimate of drug-likeness (QED) is 0.161. The van der Waals surface area contributed by atoms with Crippen LogP contribution in [0.2, 0.25) is 0 Å². The Balaban J connectivity index is 0.702. The molecule has 0 spiro atoms. The van der Waals surface area contributed by atoms with Gasteiger partial charge in [-0.05, 0) is 135 Å². The maximum atomic E-state index is 14.1. The van der Waals surface area contributed by atoms with E-state index in [0.29, 0.717) is 11.8 Å². The van der Waals surface area contributed by atoms with E-state index in [2.05, 4.69) is 0 Å². The highest BCUT2D eigenvalue weighted by atomic mass is 16.2. The normalized spacial score (nSPS) is 28.9. The predicted molar refractivity (Wildman–Crippen MR) is 272 cm³/mol. The zero-order valence-electron chi connectivity index (χ0n) is 40.7. The average molecular weight is 1000 g/mol. The molecule has 5 fully saturated rings. The number of nitrogens with zero attached hydrogens (tertiary/aromatic N) is 6. The summed E-state index contributed by atoms with van der Waals surface area (Å²) in [6.45, 7) is 1.04. The molecule has 2 aromatic carbocycles. The molecule has 18 heteroatoms. The van der Waals surface area contributed by atoms with Crippen LogP contribution in [-0.4, -0.2) is 64.8 Å². The molecule has 74 heavy (non-hydrogen) atoms. The molecule has 10 atom stereocenters. The van der Waals surface area contributed by atoms with Gasteiger partial charge in [-0.1, -0.05) is 25.7 Å². The summed E-state index contributed by atoms with van der Waals surface area (Å²) in [5, 5.41) is 0.727. The van der Waals surface area contributed by atoms with Crippen LogP contribution < -0.4 is 44.5 Å². The summed E-state index contributed by atoms with van der Waals surface area (Å²) in [5.74, 6) is -0.651. The van der Waals surface area contributed by atoms with Gasteiger partial charge in [-0.15, -0.1) is 0 Å². The Labute approximate surface area is 419 Å². The minimum Gasteiger partial charge on any atom is -0.275 e. The van der Waals surface area contributed by atoms with Crippen molar-refractivity contribution in [3.63, 3.8) is 0 Å². The number of benzene rings is 2. The van der Waals surface area contributed by atoms with E-state index in [4.69, 9.17) is 0 Å². The van der Waals surface area contributed by atoms with Gasteiger partial charge >= 0.3 is 0 Å². The largest absolute Gasteiger partial charge is 0.275 e. The van der Waals surface area contributed by atoms with Gasteiger partial charge in [0.25, 0.3) is 68.1 Å². The van der Waals surface area contributed by atoms with Gasteiger partial charge < -0.3 is 0 Å². The summed E-state index contributed by atoms with van der Waals surface area (Å²) < 4.78 is 4.87. The van der Waals surface area contributed by atoms with Crippen molar-refractivity contribution in [1.82, 2.24) is 28.1 Å². The van der Waals surface area contributed by atoms with Crippen LogP contribution in [0, 0.1) is 59.2 Å². The number of carbonyl (C=O) groups excluding carboxylic acids is 4. The van der Waals surface area contributed by atoms with Gasteiger partial charge in [-0.3, -0.25) is 85.6 Å². The Kier molecular flexibility index (Phi) is 10.8. The third-order valence-corrected chi connectivity index (χ3v) is 19.3. The van der Waals surface area contributed by atoms with E-state index in [9.17, 15) is 57.5 Å². The molecule has 6 aromatic rings. The molecular weight excluding hydrogens is 949 g/mol. The first-order valence-corrected chi connectivity index (χ1v) is 26.5. The van der Waals surface area contributed by atoms with Crippen molar-refractivity contribution in [1.29, 1.82) is 0 Å². The molecule has 5 aliphatic carbocycles. The second-order valence-electron chi connectivity index (χ2n) is 22.9. The molecular formula is C56H54N6O12. The highest BCUT2D eigenvalue weighted by Gasteiger charge is 2.56. The molecule has 5 saturated carbocycles. The molecule has 13 rings (SSSR count). The van der Waals surface area contributed by atoms with E-state index in [1.807, 2.05) is 0 Å². The summed E-state index contributed by atoms with van der Waals surface area (Å²) in [5.41, 5.74) is -4.12. The Hall–Kier alpha value is -7.24. The van der Waals surface area contributed by atoms with Crippen molar-refractivity contribution in [2.75, 3.05) is 13.1 Å². The number of rotatable bonds is 12. The molecule has 0 saturated heterocycles. The zero-order chi connectivity index (χ0) is 51.2. The van der Waals surface area contributed by atoms with Gasteiger partial charge in [0.05, 0.1) is 43.1 Å². The molecule has 10 unspecified atom stereocenters. The maximum Gasteiger partial charge on any atom is 0.261 e. The summed E-state index contributed by atoms with van der Waals surface area (Å²) >= 11 is 0. The molecule has 2 aliphatic heterocycles. The van der Waals surface area contributed by atoms with Crippen LogP contribution >= 0.6 is 0 Å². The van der Waals surface area contributed by atoms with Crippen LogP contribution in [0.25, 0.3) is 43.1 Å². The summed E-state index contributed by atoms with van der Waals surface area (Å²) in [6.07, 6.45) is 14.9. The van der Waals surface area contributed by atoms with E-state index in [1.54, 1.807) is 0 Å². The van der Waals surface area contributed by atoms with E-state index >= 15 is 0 Å². The van der Waals surface area contributed by atoms with Gasteiger partial charge in [0, 0.05) is 63.6 Å². The molecule has 0 radical (unpaired) electrons. The molecule has 7 aliphatic rings. The van der Waals surface area contributed by atoms with Gasteiger partial charge in [-0.25, -0.2) is 0 Å². The summed E-state index contributed by atoms with van der Waals surface area (Å²) in [7, 11) is 0. The lowest BCUT2D eigenvalue weighted by molar-refractivity contribution is -0.139. The number of carbonyl (C=O) groups is 4. The van der Waals surface area contributed by atoms with Gasteiger partial charge in [0.15, 0.2) is 0 Å². The van der Waals surface area contributed by atoms with E-state index < -0.39 is 44.5 Å². The average Bonchev–Trinajstić information content (AvgIpc) is 4.33. The minimum atomic E-state index is -0.533. The minimum absolute atomic E-state index is 0.0170. The molecule has 4 aromatic heterocycles. The number of imide groups is 2. The standard InChI is InChI=1S/C56H54N6O12/c63-45-9-10-46(64)57(45)22-28-5-1-3-7-30(28)24-60-51(69)39-17-37-38(18-40(39)52(60)70)50(68)59(49(37)67)21-27-13-34-32-15-33(35(16-32)36(34)14-27)26-62-55(73)43-19-41-42(20-44(43)56(62)74)54(72)61(53(41)71)25-31-8-4-2-6-29(31)23-58-47(65)11-12-48(58)66/h9-12,17-20,27-36H,1-8,13-16,21-26H2.